The van der Waals surface area contributed by atoms with Crippen molar-refractivity contribution < 1.29 is 13.5 Å². The normalized spacial score (nSPS) is 24.4. The molecule has 0 saturated heterocycles. The molecule has 0 radical (unpaired) electrons. The number of nitrogens with zero attached hydrogens (tertiary/aromatic N) is 3. The molecule has 1 aliphatic carbocycles. The van der Waals surface area contributed by atoms with Crippen LogP contribution in [0.5, 0.6) is 0 Å². The molecule has 31 heavy (non-hydrogen) atoms. The number of anilines is 2. The van der Waals surface area contributed by atoms with Crippen LogP contribution in [0, 0.1) is 6.92 Å². The largest absolute Gasteiger partial charge is 0.388 e. The van der Waals surface area contributed by atoms with Crippen molar-refractivity contribution in [2.45, 2.75) is 56.3 Å². The average molecular weight is 441 g/mol. The maximum absolute atomic E-state index is 12.9. The highest BCUT2D eigenvalue weighted by molar-refractivity contribution is 7.90. The Morgan fingerprint density at radius 2 is 2.00 bits per heavy atom. The van der Waals surface area contributed by atoms with E-state index in [1.165, 1.54) is 0 Å². The Kier molecular flexibility index (Phi) is 4.46. The minimum Gasteiger partial charge on any atom is -0.388 e. The highest BCUT2D eigenvalue weighted by Gasteiger charge is 2.39. The lowest BCUT2D eigenvalue weighted by Gasteiger charge is -2.28. The molecule has 2 atom stereocenters. The van der Waals surface area contributed by atoms with Crippen LogP contribution in [0.25, 0.3) is 11.0 Å². The zero-order valence-electron chi connectivity index (χ0n) is 17.4. The van der Waals surface area contributed by atoms with Gasteiger partial charge in [-0.25, -0.2) is 13.4 Å². The number of hydrogen-bond acceptors (Lipinski definition) is 7. The fraction of sp³-hybridized carbons (Fsp3) is 0.409. The summed E-state index contributed by atoms with van der Waals surface area (Å²) in [6.07, 6.45) is 3.86. The van der Waals surface area contributed by atoms with E-state index in [1.807, 2.05) is 6.92 Å². The smallest absolute Gasteiger partial charge is 0.252 e. The van der Waals surface area contributed by atoms with Gasteiger partial charge in [0.2, 0.25) is 5.95 Å². The summed E-state index contributed by atoms with van der Waals surface area (Å²) in [7, 11) is -3.08. The van der Waals surface area contributed by atoms with Gasteiger partial charge in [-0.1, -0.05) is 6.07 Å². The third-order valence-corrected chi connectivity index (χ3v) is 7.90. The van der Waals surface area contributed by atoms with Gasteiger partial charge in [0.25, 0.3) is 5.56 Å². The summed E-state index contributed by atoms with van der Waals surface area (Å²) in [5, 5.41) is 14.7. The monoisotopic (exact) mass is 440 g/mol. The van der Waals surface area contributed by atoms with E-state index in [-0.39, 0.29) is 23.1 Å². The Morgan fingerprint density at radius 1 is 1.23 bits per heavy atom. The number of fused-ring (bicyclic) bond motifs is 2. The van der Waals surface area contributed by atoms with Gasteiger partial charge in [0.1, 0.15) is 5.65 Å². The fourth-order valence-corrected chi connectivity index (χ4v) is 6.40. The first kappa shape index (κ1) is 20.1. The van der Waals surface area contributed by atoms with Gasteiger partial charge in [0.15, 0.2) is 9.84 Å². The Morgan fingerprint density at radius 3 is 2.74 bits per heavy atom. The maximum atomic E-state index is 12.9. The number of rotatable bonds is 3. The summed E-state index contributed by atoms with van der Waals surface area (Å²) >= 11 is 0. The van der Waals surface area contributed by atoms with Crippen LogP contribution in [0.3, 0.4) is 0 Å². The van der Waals surface area contributed by atoms with Gasteiger partial charge in [-0.15, -0.1) is 0 Å². The predicted molar refractivity (Wildman–Crippen MR) is 118 cm³/mol. The predicted octanol–water partition coefficient (Wildman–Crippen LogP) is 2.75. The van der Waals surface area contributed by atoms with Gasteiger partial charge >= 0.3 is 0 Å². The summed E-state index contributed by atoms with van der Waals surface area (Å²) in [4.78, 5) is 21.9. The molecule has 0 unspecified atom stereocenters. The van der Waals surface area contributed by atoms with Crippen molar-refractivity contribution in [2.75, 3.05) is 5.32 Å². The van der Waals surface area contributed by atoms with E-state index in [1.54, 1.807) is 42.0 Å². The topological polar surface area (TPSA) is 114 Å². The van der Waals surface area contributed by atoms with Crippen molar-refractivity contribution in [1.82, 2.24) is 14.5 Å². The van der Waals surface area contributed by atoms with Crippen LogP contribution in [0.15, 0.2) is 35.3 Å². The number of nitrogens with one attached hydrogen (secondary N) is 1. The first-order chi connectivity index (χ1) is 14.6. The Bertz CT molecular complexity index is 1380. The van der Waals surface area contributed by atoms with E-state index in [2.05, 4.69) is 15.3 Å². The molecular formula is C22H24N4O4S. The molecule has 0 amide bonds. The number of aliphatic hydroxyl groups is 1. The van der Waals surface area contributed by atoms with E-state index < -0.39 is 15.4 Å². The van der Waals surface area contributed by atoms with E-state index in [0.717, 1.165) is 28.5 Å². The van der Waals surface area contributed by atoms with E-state index in [4.69, 9.17) is 0 Å². The van der Waals surface area contributed by atoms with Crippen molar-refractivity contribution in [3.63, 3.8) is 0 Å². The molecule has 8 nitrogen and oxygen atoms in total. The third-order valence-electron chi connectivity index (χ3n) is 6.40. The lowest BCUT2D eigenvalue weighted by Crippen LogP contribution is -2.37. The summed E-state index contributed by atoms with van der Waals surface area (Å²) in [6, 6.07) is 6.63. The molecule has 1 aliphatic heterocycles. The molecule has 2 N–H and O–H groups in total. The van der Waals surface area contributed by atoms with Crippen LogP contribution in [0.1, 0.15) is 48.9 Å². The standard InChI is InChI=1S/C22H24N4O4S/c1-13-8-19(27)26(18-4-3-7-22(18,2)28)20-17(13)10-23-21(25-20)24-16-6-5-14-11-31(29,30)12-15(14)9-16/h5-6,8-10,18,28H,3-4,7,11-12H2,1-2H3,(H,23,24,25)/t18-,22-/m1/s1. The van der Waals surface area contributed by atoms with Gasteiger partial charge in [0.05, 0.1) is 23.1 Å². The molecule has 3 aromatic rings. The maximum Gasteiger partial charge on any atom is 0.252 e. The first-order valence-electron chi connectivity index (χ1n) is 10.3. The Balaban J connectivity index is 1.58. The minimum absolute atomic E-state index is 0.0337. The molecule has 1 saturated carbocycles. The van der Waals surface area contributed by atoms with Crippen molar-refractivity contribution in [3.8, 4) is 0 Å². The van der Waals surface area contributed by atoms with Crippen LogP contribution in [-0.4, -0.2) is 33.7 Å². The highest BCUT2D eigenvalue weighted by atomic mass is 32.2. The second-order valence-electron chi connectivity index (χ2n) is 8.87. The van der Waals surface area contributed by atoms with Gasteiger partial charge in [-0.3, -0.25) is 9.36 Å². The summed E-state index contributed by atoms with van der Waals surface area (Å²) < 4.78 is 25.4. The van der Waals surface area contributed by atoms with Crippen LogP contribution in [0.4, 0.5) is 11.6 Å². The Labute approximate surface area is 179 Å². The van der Waals surface area contributed by atoms with E-state index in [0.29, 0.717) is 30.1 Å². The Hall–Kier alpha value is -2.78. The number of aryl methyl sites for hydroxylation is 1. The van der Waals surface area contributed by atoms with Gasteiger partial charge in [0, 0.05) is 23.3 Å². The number of sulfone groups is 1. The first-order valence-corrected chi connectivity index (χ1v) is 12.2. The van der Waals surface area contributed by atoms with Gasteiger partial charge < -0.3 is 10.4 Å². The van der Waals surface area contributed by atoms with Crippen LogP contribution >= 0.6 is 0 Å². The molecule has 0 bridgehead atoms. The van der Waals surface area contributed by atoms with Gasteiger partial charge in [-0.05, 0) is 61.9 Å². The fourth-order valence-electron chi connectivity index (χ4n) is 4.80. The van der Waals surface area contributed by atoms with E-state index in [9.17, 15) is 18.3 Å². The minimum atomic E-state index is -3.08. The number of aromatic nitrogens is 3. The molecule has 1 fully saturated rings. The van der Waals surface area contributed by atoms with E-state index >= 15 is 0 Å². The second kappa shape index (κ2) is 6.86. The third kappa shape index (κ3) is 3.51. The summed E-state index contributed by atoms with van der Waals surface area (Å²) in [5.41, 5.74) is 2.38. The molecule has 2 aromatic heterocycles. The zero-order chi connectivity index (χ0) is 22.0. The summed E-state index contributed by atoms with van der Waals surface area (Å²) in [6.45, 7) is 3.61. The zero-order valence-corrected chi connectivity index (χ0v) is 18.2. The summed E-state index contributed by atoms with van der Waals surface area (Å²) in [5.74, 6) is 0.415. The van der Waals surface area contributed by atoms with Crippen molar-refractivity contribution in [2.24, 2.45) is 0 Å². The number of hydrogen-bond donors (Lipinski definition) is 2. The molecule has 3 heterocycles. The van der Waals surface area contributed by atoms with Crippen molar-refractivity contribution in [3.05, 3.63) is 57.5 Å². The van der Waals surface area contributed by atoms with Crippen LogP contribution in [-0.2, 0) is 21.3 Å². The molecule has 0 spiro atoms. The lowest BCUT2D eigenvalue weighted by molar-refractivity contribution is 0.0266. The lowest BCUT2D eigenvalue weighted by atomic mass is 9.99. The van der Waals surface area contributed by atoms with Crippen molar-refractivity contribution >= 4 is 32.5 Å². The average Bonchev–Trinajstić information content (AvgIpc) is 3.18. The highest BCUT2D eigenvalue weighted by Crippen LogP contribution is 2.39. The van der Waals surface area contributed by atoms with Crippen molar-refractivity contribution in [1.29, 1.82) is 0 Å². The second-order valence-corrected chi connectivity index (χ2v) is 10.9. The molecule has 162 valence electrons. The number of pyridine rings is 1. The van der Waals surface area contributed by atoms with Crippen LogP contribution < -0.4 is 10.9 Å². The molecule has 5 rings (SSSR count). The number of benzene rings is 1. The SMILES string of the molecule is Cc1cc(=O)n([C@@H]2CCC[C@@]2(C)O)c2nc(Nc3ccc4c(c3)CS(=O)(=O)C4)ncc12. The van der Waals surface area contributed by atoms with Gasteiger partial charge in [-0.2, -0.15) is 4.98 Å². The quantitative estimate of drug-likeness (QED) is 0.644. The molecular weight excluding hydrogens is 416 g/mol. The molecule has 2 aliphatic rings. The van der Waals surface area contributed by atoms with Crippen LogP contribution in [0.2, 0.25) is 0 Å². The molecule has 1 aromatic carbocycles. The molecule has 9 heteroatoms.